The van der Waals surface area contributed by atoms with Crippen molar-refractivity contribution in [1.29, 1.82) is 0 Å². The molecule has 30 heavy (non-hydrogen) atoms. The third-order valence-electron chi connectivity index (χ3n) is 4.73. The zero-order valence-corrected chi connectivity index (χ0v) is 16.6. The van der Waals surface area contributed by atoms with Gasteiger partial charge >= 0.3 is 5.97 Å². The number of nitrogens with one attached hydrogen (secondary N) is 1. The van der Waals surface area contributed by atoms with Gasteiger partial charge in [0, 0.05) is 5.56 Å². The third kappa shape index (κ3) is 3.57. The molecular formula is C23H22N4O3. The molecule has 4 rings (SSSR count). The van der Waals surface area contributed by atoms with Crippen LogP contribution in [0, 0.1) is 0 Å². The molecule has 0 spiro atoms. The second-order valence-corrected chi connectivity index (χ2v) is 6.57. The highest BCUT2D eigenvalue weighted by Crippen LogP contribution is 2.41. The van der Waals surface area contributed by atoms with E-state index in [1.54, 1.807) is 17.7 Å². The smallest absolute Gasteiger partial charge is 0.338 e. The largest absolute Gasteiger partial charge is 0.489 e. The number of ether oxygens (including phenoxy) is 2. The fourth-order valence-corrected chi connectivity index (χ4v) is 3.50. The maximum absolute atomic E-state index is 13.2. The van der Waals surface area contributed by atoms with Gasteiger partial charge in [-0.05, 0) is 18.6 Å². The minimum Gasteiger partial charge on any atom is -0.489 e. The zero-order valence-electron chi connectivity index (χ0n) is 16.6. The van der Waals surface area contributed by atoms with Crippen LogP contribution in [-0.4, -0.2) is 33.9 Å². The first-order chi connectivity index (χ1) is 14.7. The maximum Gasteiger partial charge on any atom is 0.338 e. The zero-order chi connectivity index (χ0) is 20.9. The molecule has 0 bridgehead atoms. The Kier molecular flexibility index (Phi) is 5.61. The number of anilines is 1. The summed E-state index contributed by atoms with van der Waals surface area (Å²) in [6.45, 7) is 6.11. The highest BCUT2D eigenvalue weighted by atomic mass is 16.5. The Hall–Kier alpha value is -3.87. The maximum atomic E-state index is 13.2. The third-order valence-corrected chi connectivity index (χ3v) is 4.73. The first-order valence-electron chi connectivity index (χ1n) is 9.70. The summed E-state index contributed by atoms with van der Waals surface area (Å²) in [6.07, 6.45) is 3.14. The van der Waals surface area contributed by atoms with Gasteiger partial charge in [-0.15, -0.1) is 0 Å². The lowest BCUT2D eigenvalue weighted by Crippen LogP contribution is -2.30. The summed E-state index contributed by atoms with van der Waals surface area (Å²) in [5.74, 6) is 0.749. The predicted molar refractivity (Wildman–Crippen MR) is 114 cm³/mol. The molecule has 152 valence electrons. The number of rotatable bonds is 7. The van der Waals surface area contributed by atoms with E-state index in [0.29, 0.717) is 29.6 Å². The van der Waals surface area contributed by atoms with Crippen molar-refractivity contribution in [3.63, 3.8) is 0 Å². The van der Waals surface area contributed by atoms with Crippen molar-refractivity contribution in [3.8, 4) is 5.75 Å². The molecule has 7 heteroatoms. The molecule has 0 amide bonds. The van der Waals surface area contributed by atoms with Gasteiger partial charge in [0.25, 0.3) is 0 Å². The van der Waals surface area contributed by atoms with Crippen LogP contribution in [0.25, 0.3) is 5.70 Å². The van der Waals surface area contributed by atoms with Crippen molar-refractivity contribution in [2.45, 2.75) is 13.0 Å². The van der Waals surface area contributed by atoms with Crippen LogP contribution >= 0.6 is 0 Å². The van der Waals surface area contributed by atoms with Gasteiger partial charge < -0.3 is 14.8 Å². The summed E-state index contributed by atoms with van der Waals surface area (Å²) in [5, 5.41) is 7.64. The summed E-state index contributed by atoms with van der Waals surface area (Å²) >= 11 is 0. The van der Waals surface area contributed by atoms with Crippen molar-refractivity contribution < 1.29 is 14.3 Å². The van der Waals surface area contributed by atoms with E-state index >= 15 is 0 Å². The van der Waals surface area contributed by atoms with E-state index in [0.717, 1.165) is 11.1 Å². The molecule has 0 saturated heterocycles. The van der Waals surface area contributed by atoms with E-state index < -0.39 is 12.0 Å². The van der Waals surface area contributed by atoms with E-state index in [4.69, 9.17) is 9.47 Å². The second-order valence-electron chi connectivity index (χ2n) is 6.57. The number of hydrogen-bond donors (Lipinski definition) is 1. The fraction of sp³-hybridized carbons (Fsp3) is 0.174. The number of carbonyl (C=O) groups excluding carboxylic acids is 1. The summed E-state index contributed by atoms with van der Waals surface area (Å²) in [6, 6.07) is 16.6. The second kappa shape index (κ2) is 8.65. The van der Waals surface area contributed by atoms with Crippen LogP contribution in [0.1, 0.15) is 24.1 Å². The SMILES string of the molecule is C=CCOc1ccccc1C1C(C(=O)OCC)=C(c2ccccc2)Nc2ncnn21. The first-order valence-corrected chi connectivity index (χ1v) is 9.70. The Morgan fingerprint density at radius 1 is 1.20 bits per heavy atom. The van der Waals surface area contributed by atoms with E-state index in [1.807, 2.05) is 54.6 Å². The van der Waals surface area contributed by atoms with Crippen LogP contribution < -0.4 is 10.1 Å². The van der Waals surface area contributed by atoms with E-state index in [2.05, 4.69) is 22.0 Å². The summed E-state index contributed by atoms with van der Waals surface area (Å²) in [7, 11) is 0. The molecule has 3 aromatic rings. The first kappa shape index (κ1) is 19.4. The molecule has 0 saturated carbocycles. The quantitative estimate of drug-likeness (QED) is 0.478. The van der Waals surface area contributed by atoms with Crippen molar-refractivity contribution in [1.82, 2.24) is 14.8 Å². The Morgan fingerprint density at radius 2 is 1.97 bits per heavy atom. The Bertz CT molecular complexity index is 1090. The molecule has 1 aliphatic rings. The van der Waals surface area contributed by atoms with E-state index in [-0.39, 0.29) is 6.61 Å². The van der Waals surface area contributed by atoms with Gasteiger partial charge in [0.05, 0.1) is 17.9 Å². The highest BCUT2D eigenvalue weighted by molar-refractivity contribution is 6.02. The fourth-order valence-electron chi connectivity index (χ4n) is 3.50. The van der Waals surface area contributed by atoms with Crippen molar-refractivity contribution in [3.05, 3.63) is 90.3 Å². The van der Waals surface area contributed by atoms with Gasteiger partial charge in [-0.25, -0.2) is 9.48 Å². The molecule has 1 aromatic heterocycles. The van der Waals surface area contributed by atoms with Gasteiger partial charge in [0.15, 0.2) is 0 Å². The van der Waals surface area contributed by atoms with Crippen LogP contribution in [0.2, 0.25) is 0 Å². The van der Waals surface area contributed by atoms with Gasteiger partial charge in [-0.3, -0.25) is 0 Å². The molecule has 1 atom stereocenters. The number of benzene rings is 2. The minimum atomic E-state index is -0.570. The van der Waals surface area contributed by atoms with Crippen LogP contribution in [0.4, 0.5) is 5.95 Å². The van der Waals surface area contributed by atoms with Gasteiger partial charge in [0.2, 0.25) is 5.95 Å². The molecule has 2 aromatic carbocycles. The van der Waals surface area contributed by atoms with Crippen LogP contribution in [-0.2, 0) is 9.53 Å². The average molecular weight is 402 g/mol. The van der Waals surface area contributed by atoms with Crippen molar-refractivity contribution in [2.75, 3.05) is 18.5 Å². The monoisotopic (exact) mass is 402 g/mol. The molecular weight excluding hydrogens is 380 g/mol. The average Bonchev–Trinajstić information content (AvgIpc) is 3.26. The lowest BCUT2D eigenvalue weighted by molar-refractivity contribution is -0.138. The number of fused-ring (bicyclic) bond motifs is 1. The molecule has 0 aliphatic carbocycles. The number of esters is 1. The minimum absolute atomic E-state index is 0.260. The topological polar surface area (TPSA) is 78.3 Å². The van der Waals surface area contributed by atoms with Crippen LogP contribution in [0.5, 0.6) is 5.75 Å². The Labute approximate surface area is 174 Å². The highest BCUT2D eigenvalue weighted by Gasteiger charge is 2.37. The molecule has 1 unspecified atom stereocenters. The number of hydrogen-bond acceptors (Lipinski definition) is 6. The van der Waals surface area contributed by atoms with E-state index in [1.165, 1.54) is 6.33 Å². The standard InChI is InChI=1S/C23H22N4O3/c1-3-14-30-18-13-9-8-12-17(18)21-19(22(28)29-4-2)20(16-10-6-5-7-11-16)26-23-24-15-25-27(21)23/h3,5-13,15,21H,1,4,14H2,2H3,(H,24,25,26). The predicted octanol–water partition coefficient (Wildman–Crippen LogP) is 3.83. The number of aromatic nitrogens is 3. The van der Waals surface area contributed by atoms with Crippen molar-refractivity contribution >= 4 is 17.6 Å². The summed E-state index contributed by atoms with van der Waals surface area (Å²) in [5.41, 5.74) is 2.71. The molecule has 2 heterocycles. The molecule has 7 nitrogen and oxygen atoms in total. The molecule has 0 fully saturated rings. The molecule has 1 aliphatic heterocycles. The van der Waals surface area contributed by atoms with Crippen LogP contribution in [0.15, 0.2) is 79.2 Å². The Morgan fingerprint density at radius 3 is 2.73 bits per heavy atom. The lowest BCUT2D eigenvalue weighted by Gasteiger charge is -2.30. The van der Waals surface area contributed by atoms with Gasteiger partial charge in [-0.1, -0.05) is 61.2 Å². The molecule has 0 radical (unpaired) electrons. The van der Waals surface area contributed by atoms with Crippen LogP contribution in [0.3, 0.4) is 0 Å². The Balaban J connectivity index is 1.95. The van der Waals surface area contributed by atoms with Gasteiger partial charge in [0.1, 0.15) is 24.7 Å². The summed E-state index contributed by atoms with van der Waals surface area (Å²) in [4.78, 5) is 17.5. The number of para-hydroxylation sites is 1. The number of nitrogens with zero attached hydrogens (tertiary/aromatic N) is 3. The molecule has 1 N–H and O–H groups in total. The lowest BCUT2D eigenvalue weighted by atomic mass is 9.92. The normalized spacial score (nSPS) is 15.2. The summed E-state index contributed by atoms with van der Waals surface area (Å²) < 4.78 is 13.0. The van der Waals surface area contributed by atoms with Gasteiger partial charge in [-0.2, -0.15) is 10.1 Å². The number of carbonyl (C=O) groups is 1. The van der Waals surface area contributed by atoms with E-state index in [9.17, 15) is 4.79 Å². The van der Waals surface area contributed by atoms with Crippen molar-refractivity contribution in [2.24, 2.45) is 0 Å².